The minimum absolute atomic E-state index is 0.654. The highest BCUT2D eigenvalue weighted by molar-refractivity contribution is 5.76. The standard InChI is InChI=1S/C15H22N4/c1-11-18-14-9-12(3-4-15(14)19(11)2)5-8-17-13-6-7-16-10-13/h3-4,9,13,16-17H,5-8,10H2,1-2H3. The fraction of sp³-hybridized carbons (Fsp3) is 0.533. The van der Waals surface area contributed by atoms with Gasteiger partial charge in [0.05, 0.1) is 11.0 Å². The minimum Gasteiger partial charge on any atom is -0.331 e. The second-order valence-electron chi connectivity index (χ2n) is 5.43. The molecule has 0 amide bonds. The fourth-order valence-electron chi connectivity index (χ4n) is 2.77. The van der Waals surface area contributed by atoms with Crippen LogP contribution in [-0.4, -0.2) is 35.2 Å². The van der Waals surface area contributed by atoms with Crippen molar-refractivity contribution < 1.29 is 0 Å². The molecule has 0 saturated carbocycles. The largest absolute Gasteiger partial charge is 0.331 e. The molecule has 2 aromatic rings. The first-order valence-electron chi connectivity index (χ1n) is 7.10. The molecule has 2 N–H and O–H groups in total. The van der Waals surface area contributed by atoms with Gasteiger partial charge in [0.1, 0.15) is 5.82 Å². The van der Waals surface area contributed by atoms with Gasteiger partial charge in [-0.3, -0.25) is 0 Å². The van der Waals surface area contributed by atoms with Gasteiger partial charge in [-0.2, -0.15) is 0 Å². The zero-order chi connectivity index (χ0) is 13.2. The fourth-order valence-corrected chi connectivity index (χ4v) is 2.77. The van der Waals surface area contributed by atoms with Gasteiger partial charge in [-0.05, 0) is 50.6 Å². The molecule has 1 atom stereocenters. The highest BCUT2D eigenvalue weighted by atomic mass is 15.0. The van der Waals surface area contributed by atoms with E-state index in [-0.39, 0.29) is 0 Å². The monoisotopic (exact) mass is 258 g/mol. The predicted molar refractivity (Wildman–Crippen MR) is 78.4 cm³/mol. The first-order chi connectivity index (χ1) is 9.24. The van der Waals surface area contributed by atoms with Crippen molar-refractivity contribution in [1.82, 2.24) is 20.2 Å². The normalized spacial score (nSPS) is 19.4. The number of aromatic nitrogens is 2. The van der Waals surface area contributed by atoms with Crippen LogP contribution >= 0.6 is 0 Å². The molecular weight excluding hydrogens is 236 g/mol. The van der Waals surface area contributed by atoms with Crippen LogP contribution in [0.2, 0.25) is 0 Å². The molecule has 1 saturated heterocycles. The van der Waals surface area contributed by atoms with Crippen LogP contribution in [0.3, 0.4) is 0 Å². The Kier molecular flexibility index (Phi) is 3.53. The molecule has 19 heavy (non-hydrogen) atoms. The lowest BCUT2D eigenvalue weighted by Crippen LogP contribution is -2.32. The Bertz CT molecular complexity index is 567. The Morgan fingerprint density at radius 3 is 3.16 bits per heavy atom. The average molecular weight is 258 g/mol. The van der Waals surface area contributed by atoms with Gasteiger partial charge in [-0.1, -0.05) is 6.07 Å². The molecule has 1 fully saturated rings. The molecule has 1 aliphatic heterocycles. The second-order valence-corrected chi connectivity index (χ2v) is 5.43. The quantitative estimate of drug-likeness (QED) is 0.870. The van der Waals surface area contributed by atoms with E-state index in [0.717, 1.165) is 37.4 Å². The maximum absolute atomic E-state index is 4.59. The molecule has 0 spiro atoms. The number of hydrogen-bond donors (Lipinski definition) is 2. The third-order valence-electron chi connectivity index (χ3n) is 4.08. The summed E-state index contributed by atoms with van der Waals surface area (Å²) in [5.41, 5.74) is 3.69. The second kappa shape index (κ2) is 5.31. The van der Waals surface area contributed by atoms with Crippen molar-refractivity contribution in [3.8, 4) is 0 Å². The number of hydrogen-bond acceptors (Lipinski definition) is 3. The van der Waals surface area contributed by atoms with Crippen molar-refractivity contribution in [3.05, 3.63) is 29.6 Å². The maximum atomic E-state index is 4.59. The van der Waals surface area contributed by atoms with Crippen molar-refractivity contribution in [2.45, 2.75) is 25.8 Å². The van der Waals surface area contributed by atoms with Crippen LogP contribution in [0.5, 0.6) is 0 Å². The molecule has 4 nitrogen and oxygen atoms in total. The zero-order valence-corrected chi connectivity index (χ0v) is 11.7. The predicted octanol–water partition coefficient (Wildman–Crippen LogP) is 1.38. The Hall–Kier alpha value is -1.39. The summed E-state index contributed by atoms with van der Waals surface area (Å²) in [6.07, 6.45) is 2.32. The van der Waals surface area contributed by atoms with E-state index in [1.165, 1.54) is 17.5 Å². The van der Waals surface area contributed by atoms with Gasteiger partial charge in [-0.25, -0.2) is 4.98 Å². The number of rotatable bonds is 4. The van der Waals surface area contributed by atoms with Crippen LogP contribution in [0, 0.1) is 6.92 Å². The van der Waals surface area contributed by atoms with Crippen LogP contribution in [0.25, 0.3) is 11.0 Å². The molecule has 3 rings (SSSR count). The van der Waals surface area contributed by atoms with Gasteiger partial charge in [0.25, 0.3) is 0 Å². The van der Waals surface area contributed by atoms with E-state index >= 15 is 0 Å². The van der Waals surface area contributed by atoms with E-state index in [0.29, 0.717) is 6.04 Å². The summed E-state index contributed by atoms with van der Waals surface area (Å²) in [5, 5.41) is 6.99. The molecule has 2 heterocycles. The molecule has 1 aliphatic rings. The summed E-state index contributed by atoms with van der Waals surface area (Å²) in [7, 11) is 2.07. The molecule has 102 valence electrons. The van der Waals surface area contributed by atoms with E-state index in [2.05, 4.69) is 45.4 Å². The number of fused-ring (bicyclic) bond motifs is 1. The number of imidazole rings is 1. The third-order valence-corrected chi connectivity index (χ3v) is 4.08. The van der Waals surface area contributed by atoms with Crippen molar-refractivity contribution in [2.24, 2.45) is 7.05 Å². The molecule has 0 aliphatic carbocycles. The zero-order valence-electron chi connectivity index (χ0n) is 11.7. The van der Waals surface area contributed by atoms with Gasteiger partial charge < -0.3 is 15.2 Å². The maximum Gasteiger partial charge on any atom is 0.106 e. The third kappa shape index (κ3) is 2.65. The summed E-state index contributed by atoms with van der Waals surface area (Å²) in [6, 6.07) is 7.28. The molecule has 1 unspecified atom stereocenters. The van der Waals surface area contributed by atoms with Gasteiger partial charge in [-0.15, -0.1) is 0 Å². The highest BCUT2D eigenvalue weighted by Crippen LogP contribution is 2.16. The van der Waals surface area contributed by atoms with Gasteiger partial charge in [0.2, 0.25) is 0 Å². The Balaban J connectivity index is 1.64. The van der Waals surface area contributed by atoms with E-state index in [1.807, 2.05) is 6.92 Å². The smallest absolute Gasteiger partial charge is 0.106 e. The molecule has 1 aromatic carbocycles. The summed E-state index contributed by atoms with van der Waals surface area (Å²) in [6.45, 7) is 5.35. The lowest BCUT2D eigenvalue weighted by Gasteiger charge is -2.10. The van der Waals surface area contributed by atoms with E-state index in [1.54, 1.807) is 0 Å². The summed E-state index contributed by atoms with van der Waals surface area (Å²) < 4.78 is 2.14. The Morgan fingerprint density at radius 2 is 2.37 bits per heavy atom. The summed E-state index contributed by atoms with van der Waals surface area (Å²) in [5.74, 6) is 1.07. The lowest BCUT2D eigenvalue weighted by molar-refractivity contribution is 0.550. The molecule has 0 radical (unpaired) electrons. The van der Waals surface area contributed by atoms with Crippen LogP contribution < -0.4 is 10.6 Å². The van der Waals surface area contributed by atoms with Crippen LogP contribution in [-0.2, 0) is 13.5 Å². The first kappa shape index (κ1) is 12.6. The van der Waals surface area contributed by atoms with Crippen molar-refractivity contribution in [2.75, 3.05) is 19.6 Å². The summed E-state index contributed by atoms with van der Waals surface area (Å²) >= 11 is 0. The van der Waals surface area contributed by atoms with Gasteiger partial charge in [0, 0.05) is 19.6 Å². The molecule has 4 heteroatoms. The molecule has 0 bridgehead atoms. The van der Waals surface area contributed by atoms with Crippen molar-refractivity contribution in [1.29, 1.82) is 0 Å². The Morgan fingerprint density at radius 1 is 1.47 bits per heavy atom. The van der Waals surface area contributed by atoms with Crippen LogP contribution in [0.4, 0.5) is 0 Å². The van der Waals surface area contributed by atoms with E-state index in [4.69, 9.17) is 0 Å². The SMILES string of the molecule is Cc1nc2cc(CCNC3CCNC3)ccc2n1C. The van der Waals surface area contributed by atoms with Crippen LogP contribution in [0.15, 0.2) is 18.2 Å². The lowest BCUT2D eigenvalue weighted by atomic mass is 10.1. The summed E-state index contributed by atoms with van der Waals surface area (Å²) in [4.78, 5) is 4.59. The van der Waals surface area contributed by atoms with E-state index < -0.39 is 0 Å². The highest BCUT2D eigenvalue weighted by Gasteiger charge is 2.12. The van der Waals surface area contributed by atoms with Gasteiger partial charge >= 0.3 is 0 Å². The first-order valence-corrected chi connectivity index (χ1v) is 7.10. The number of nitrogens with zero attached hydrogens (tertiary/aromatic N) is 2. The Labute approximate surface area is 114 Å². The minimum atomic E-state index is 0.654. The van der Waals surface area contributed by atoms with E-state index in [9.17, 15) is 0 Å². The number of aryl methyl sites for hydroxylation is 2. The number of benzene rings is 1. The molecular formula is C15H22N4. The van der Waals surface area contributed by atoms with Gasteiger partial charge in [0.15, 0.2) is 0 Å². The number of nitrogens with one attached hydrogen (secondary N) is 2. The van der Waals surface area contributed by atoms with Crippen LogP contribution in [0.1, 0.15) is 17.8 Å². The van der Waals surface area contributed by atoms with Crippen molar-refractivity contribution >= 4 is 11.0 Å². The topological polar surface area (TPSA) is 41.9 Å². The van der Waals surface area contributed by atoms with Crippen molar-refractivity contribution in [3.63, 3.8) is 0 Å². The molecule has 1 aromatic heterocycles. The average Bonchev–Trinajstić information content (AvgIpc) is 3.00.